The molecule has 0 saturated carbocycles. The van der Waals surface area contributed by atoms with Crippen molar-refractivity contribution in [3.63, 3.8) is 0 Å². The molecule has 0 spiro atoms. The van der Waals surface area contributed by atoms with Crippen molar-refractivity contribution in [1.82, 2.24) is 0 Å². The quantitative estimate of drug-likeness (QED) is 0.445. The van der Waals surface area contributed by atoms with E-state index in [1.165, 1.54) is 0 Å². The van der Waals surface area contributed by atoms with Crippen LogP contribution in [0.15, 0.2) is 0 Å². The molecule has 0 saturated heterocycles. The van der Waals surface area contributed by atoms with E-state index in [9.17, 15) is 0 Å². The number of hydrogen-bond acceptors (Lipinski definition) is 1. The van der Waals surface area contributed by atoms with Gasteiger partial charge < -0.3 is 10.2 Å². The maximum atomic E-state index is 8.56. The van der Waals surface area contributed by atoms with Gasteiger partial charge in [-0.2, -0.15) is 0 Å². The second kappa shape index (κ2) is 9.12. The van der Waals surface area contributed by atoms with E-state index in [1.807, 2.05) is 0 Å². The average molecular weight is 122 g/mol. The van der Waals surface area contributed by atoms with Gasteiger partial charge >= 0.3 is 35.7 Å². The molecule has 0 amide bonds. The van der Waals surface area contributed by atoms with E-state index in [-0.39, 0.29) is 42.0 Å². The van der Waals surface area contributed by atoms with Crippen molar-refractivity contribution in [2.45, 2.75) is 0 Å². The van der Waals surface area contributed by atoms with Crippen LogP contribution in [0.1, 0.15) is 0 Å². The summed E-state index contributed by atoms with van der Waals surface area (Å²) in [6.07, 6.45) is -1.83. The Morgan fingerprint density at radius 1 is 1.33 bits per heavy atom. The van der Waals surface area contributed by atoms with Gasteiger partial charge in [0.1, 0.15) is 0 Å². The van der Waals surface area contributed by atoms with Gasteiger partial charge in [-0.25, -0.2) is 4.79 Å². The second-order valence-corrected chi connectivity index (χ2v) is 0.283. The van der Waals surface area contributed by atoms with E-state index in [1.54, 1.807) is 0 Å². The maximum absolute atomic E-state index is 8.56. The molecule has 3 nitrogen and oxygen atoms in total. The van der Waals surface area contributed by atoms with Gasteiger partial charge in [0.15, 0.2) is 0 Å². The molecular formula is CH4ClNaO3. The number of halogens is 1. The summed E-state index contributed by atoms with van der Waals surface area (Å²) in [4.78, 5) is 8.56. The minimum atomic E-state index is -1.83. The summed E-state index contributed by atoms with van der Waals surface area (Å²) in [6.45, 7) is 0. The number of carboxylic acid groups (broad SMARTS) is 2. The van der Waals surface area contributed by atoms with Crippen LogP contribution in [0.5, 0.6) is 0 Å². The van der Waals surface area contributed by atoms with E-state index in [0.29, 0.717) is 0 Å². The zero-order valence-corrected chi connectivity index (χ0v) is 3.03. The van der Waals surface area contributed by atoms with Gasteiger partial charge in [0, 0.05) is 0 Å². The topological polar surface area (TPSA) is 57.5 Å². The molecule has 0 radical (unpaired) electrons. The first kappa shape index (κ1) is 16.0. The third-order valence-corrected chi connectivity index (χ3v) is 0. The fraction of sp³-hybridized carbons (Fsp3) is 0. The Hall–Kier alpha value is 0.560. The van der Waals surface area contributed by atoms with Gasteiger partial charge in [-0.1, -0.05) is 0 Å². The summed E-state index contributed by atoms with van der Waals surface area (Å²) >= 11 is 0. The standard InChI is InChI=1S/CH2O3.ClH.Na.H/c2-1(3)4;;;/h(H2,2,3,4);1H;;. The first-order valence-electron chi connectivity index (χ1n) is 0.651. The molecule has 2 N–H and O–H groups in total. The summed E-state index contributed by atoms with van der Waals surface area (Å²) in [5.74, 6) is 0. The second-order valence-electron chi connectivity index (χ2n) is 0.283. The van der Waals surface area contributed by atoms with Gasteiger partial charge in [-0.05, 0) is 0 Å². The monoisotopic (exact) mass is 122 g/mol. The van der Waals surface area contributed by atoms with Crippen LogP contribution in [0.3, 0.4) is 0 Å². The van der Waals surface area contributed by atoms with Crippen LogP contribution in [-0.4, -0.2) is 45.9 Å². The van der Waals surface area contributed by atoms with Crippen molar-refractivity contribution in [3.05, 3.63) is 0 Å². The predicted octanol–water partition coefficient (Wildman–Crippen LogP) is -0.00430. The first-order chi connectivity index (χ1) is 1.73. The van der Waals surface area contributed by atoms with E-state index < -0.39 is 6.16 Å². The summed E-state index contributed by atoms with van der Waals surface area (Å²) in [7, 11) is 0. The number of hydrogen-bond donors (Lipinski definition) is 2. The molecule has 0 rings (SSSR count). The van der Waals surface area contributed by atoms with Gasteiger partial charge in [0.2, 0.25) is 0 Å². The molecule has 0 aromatic rings. The zero-order valence-electron chi connectivity index (χ0n) is 2.21. The van der Waals surface area contributed by atoms with Crippen LogP contribution < -0.4 is 0 Å². The van der Waals surface area contributed by atoms with Gasteiger partial charge in [0.25, 0.3) is 0 Å². The normalized spacial score (nSPS) is 4.00. The Kier molecular flexibility index (Phi) is 24.3. The Labute approximate surface area is 63.1 Å². The Balaban J connectivity index is -0.0000000450. The molecule has 0 heterocycles. The molecule has 0 aliphatic rings. The zero-order chi connectivity index (χ0) is 3.58. The molecule has 0 bridgehead atoms. The summed E-state index contributed by atoms with van der Waals surface area (Å²) in [6, 6.07) is 0. The molecule has 0 unspecified atom stereocenters. The summed E-state index contributed by atoms with van der Waals surface area (Å²) in [5.41, 5.74) is 0. The third kappa shape index (κ3) is 184. The van der Waals surface area contributed by atoms with Crippen molar-refractivity contribution in [1.29, 1.82) is 0 Å². The summed E-state index contributed by atoms with van der Waals surface area (Å²) in [5, 5.41) is 13.9. The third-order valence-electron chi connectivity index (χ3n) is 0. The minimum absolute atomic E-state index is 0. The van der Waals surface area contributed by atoms with Crippen LogP contribution in [0.25, 0.3) is 0 Å². The van der Waals surface area contributed by atoms with Crippen molar-refractivity contribution in [2.24, 2.45) is 0 Å². The molecular weight excluding hydrogens is 118 g/mol. The van der Waals surface area contributed by atoms with Crippen LogP contribution in [-0.2, 0) is 0 Å². The molecule has 0 atom stereocenters. The van der Waals surface area contributed by atoms with Gasteiger partial charge in [0.05, 0.1) is 0 Å². The number of rotatable bonds is 0. The van der Waals surface area contributed by atoms with E-state index in [4.69, 9.17) is 15.0 Å². The predicted molar refractivity (Wildman–Crippen MR) is 25.1 cm³/mol. The Bertz CT molecular complexity index is 33.8. The molecule has 0 aliphatic heterocycles. The number of carbonyl (C=O) groups is 1. The van der Waals surface area contributed by atoms with Gasteiger partial charge in [-0.15, -0.1) is 12.4 Å². The molecule has 0 aromatic carbocycles. The SMILES string of the molecule is Cl.O=C(O)O.[NaH]. The van der Waals surface area contributed by atoms with Crippen molar-refractivity contribution < 1.29 is 15.0 Å². The summed E-state index contributed by atoms with van der Waals surface area (Å²) < 4.78 is 0. The van der Waals surface area contributed by atoms with Crippen molar-refractivity contribution in [2.75, 3.05) is 0 Å². The first-order valence-corrected chi connectivity index (χ1v) is 0.651. The van der Waals surface area contributed by atoms with Crippen LogP contribution in [0, 0.1) is 0 Å². The average Bonchev–Trinajstić information content (AvgIpc) is 0.811. The van der Waals surface area contributed by atoms with Crippen molar-refractivity contribution in [3.8, 4) is 0 Å². The van der Waals surface area contributed by atoms with Crippen LogP contribution >= 0.6 is 12.4 Å². The van der Waals surface area contributed by atoms with Crippen LogP contribution in [0.4, 0.5) is 4.79 Å². The molecule has 34 valence electrons. The molecule has 0 fully saturated rings. The fourth-order valence-electron chi connectivity index (χ4n) is 0. The Morgan fingerprint density at radius 3 is 1.33 bits per heavy atom. The molecule has 0 aliphatic carbocycles. The molecule has 0 aromatic heterocycles. The fourth-order valence-corrected chi connectivity index (χ4v) is 0. The Morgan fingerprint density at radius 2 is 1.33 bits per heavy atom. The van der Waals surface area contributed by atoms with E-state index in [2.05, 4.69) is 0 Å². The van der Waals surface area contributed by atoms with Crippen molar-refractivity contribution >= 4 is 48.1 Å². The molecule has 5 heteroatoms. The van der Waals surface area contributed by atoms with E-state index in [0.717, 1.165) is 0 Å². The van der Waals surface area contributed by atoms with Gasteiger partial charge in [-0.3, -0.25) is 0 Å². The van der Waals surface area contributed by atoms with Crippen LogP contribution in [0.2, 0.25) is 0 Å². The molecule has 6 heavy (non-hydrogen) atoms. The van der Waals surface area contributed by atoms with E-state index >= 15 is 0 Å².